The fraction of sp³-hybridized carbons (Fsp3) is 0.529. The van der Waals surface area contributed by atoms with Crippen LogP contribution < -0.4 is 20.9 Å². The summed E-state index contributed by atoms with van der Waals surface area (Å²) in [5.74, 6) is -0.00631. The average Bonchev–Trinajstić information content (AvgIpc) is 2.61. The molecule has 0 aliphatic carbocycles. The lowest BCUT2D eigenvalue weighted by Gasteiger charge is -2.39. The van der Waals surface area contributed by atoms with E-state index in [1.807, 2.05) is 23.1 Å². The van der Waals surface area contributed by atoms with E-state index >= 15 is 0 Å². The highest BCUT2D eigenvalue weighted by Gasteiger charge is 2.46. The molecule has 0 spiro atoms. The van der Waals surface area contributed by atoms with Crippen molar-refractivity contribution < 1.29 is 24.2 Å². The largest absolute Gasteiger partial charge is 0.486 e. The molecule has 0 aromatic heterocycles. The number of carbonyl (C=O) groups excluding carboxylic acids is 2. The summed E-state index contributed by atoms with van der Waals surface area (Å²) < 4.78 is 11.0. The number of hydrogen-bond donors (Lipinski definition) is 3. The normalized spacial score (nSPS) is 20.7. The number of carbonyl (C=O) groups is 2. The van der Waals surface area contributed by atoms with E-state index in [1.165, 1.54) is 0 Å². The van der Waals surface area contributed by atoms with Gasteiger partial charge in [0.15, 0.2) is 11.5 Å². The third-order valence-electron chi connectivity index (χ3n) is 5.04. The standard InChI is InChI=1S/C17H23N3O5/c18-15(22)17(16(19)23)3-5-20(6-4-17)14(21)10-11-1-2-12-13(9-11)25-8-7-24-12/h1-2,9,14,21H,3-8,10H2,(H2,18,22)(H2,19,23)/t14-/m0/s1. The Labute approximate surface area is 145 Å². The van der Waals surface area contributed by atoms with Gasteiger partial charge in [-0.15, -0.1) is 0 Å². The monoisotopic (exact) mass is 349 g/mol. The second-order valence-corrected chi connectivity index (χ2v) is 6.51. The quantitative estimate of drug-likeness (QED) is 0.607. The maximum absolute atomic E-state index is 11.6. The summed E-state index contributed by atoms with van der Waals surface area (Å²) in [6.45, 7) is 1.78. The van der Waals surface area contributed by atoms with Crippen LogP contribution in [0.2, 0.25) is 0 Å². The summed E-state index contributed by atoms with van der Waals surface area (Å²) in [4.78, 5) is 25.1. The average molecular weight is 349 g/mol. The van der Waals surface area contributed by atoms with Crippen LogP contribution in [0, 0.1) is 5.41 Å². The van der Waals surface area contributed by atoms with Crippen LogP contribution in [0.4, 0.5) is 0 Å². The number of likely N-dealkylation sites (tertiary alicyclic amines) is 1. The highest BCUT2D eigenvalue weighted by molar-refractivity contribution is 6.03. The van der Waals surface area contributed by atoms with Gasteiger partial charge in [-0.05, 0) is 30.5 Å². The number of fused-ring (bicyclic) bond motifs is 1. The zero-order chi connectivity index (χ0) is 18.0. The van der Waals surface area contributed by atoms with E-state index in [4.69, 9.17) is 20.9 Å². The van der Waals surface area contributed by atoms with Crippen LogP contribution in [-0.4, -0.2) is 54.4 Å². The van der Waals surface area contributed by atoms with Gasteiger partial charge in [0.05, 0.1) is 0 Å². The predicted octanol–water partition coefficient (Wildman–Crippen LogP) is -0.628. The van der Waals surface area contributed by atoms with Gasteiger partial charge in [-0.2, -0.15) is 0 Å². The first kappa shape index (κ1) is 17.5. The van der Waals surface area contributed by atoms with Crippen molar-refractivity contribution in [1.29, 1.82) is 0 Å². The number of hydrogen-bond acceptors (Lipinski definition) is 6. The third kappa shape index (κ3) is 3.40. The highest BCUT2D eigenvalue weighted by Crippen LogP contribution is 2.33. The van der Waals surface area contributed by atoms with E-state index in [1.54, 1.807) is 0 Å². The minimum Gasteiger partial charge on any atom is -0.486 e. The first-order valence-electron chi connectivity index (χ1n) is 8.33. The lowest BCUT2D eigenvalue weighted by atomic mass is 9.77. The number of amides is 2. The van der Waals surface area contributed by atoms with Gasteiger partial charge in [-0.1, -0.05) is 6.07 Å². The maximum Gasteiger partial charge on any atom is 0.233 e. The first-order valence-corrected chi connectivity index (χ1v) is 8.33. The molecular weight excluding hydrogens is 326 g/mol. The van der Waals surface area contributed by atoms with Gasteiger partial charge in [0, 0.05) is 19.5 Å². The molecule has 8 heteroatoms. The Morgan fingerprint density at radius 1 is 1.12 bits per heavy atom. The summed E-state index contributed by atoms with van der Waals surface area (Å²) >= 11 is 0. The molecule has 2 aliphatic heterocycles. The Morgan fingerprint density at radius 3 is 2.32 bits per heavy atom. The molecule has 25 heavy (non-hydrogen) atoms. The number of aliphatic hydroxyl groups is 1. The van der Waals surface area contributed by atoms with Crippen molar-refractivity contribution in [2.45, 2.75) is 25.5 Å². The van der Waals surface area contributed by atoms with Crippen LogP contribution in [0.5, 0.6) is 11.5 Å². The maximum atomic E-state index is 11.6. The molecule has 5 N–H and O–H groups in total. The van der Waals surface area contributed by atoms with Gasteiger partial charge in [-0.3, -0.25) is 14.5 Å². The summed E-state index contributed by atoms with van der Waals surface area (Å²) in [6, 6.07) is 5.58. The molecule has 1 saturated heterocycles. The Balaban J connectivity index is 1.62. The molecule has 1 aromatic rings. The van der Waals surface area contributed by atoms with Crippen molar-refractivity contribution in [1.82, 2.24) is 4.90 Å². The van der Waals surface area contributed by atoms with Crippen LogP contribution in [0.3, 0.4) is 0 Å². The number of nitrogens with zero attached hydrogens (tertiary/aromatic N) is 1. The highest BCUT2D eigenvalue weighted by atomic mass is 16.6. The van der Waals surface area contributed by atoms with Crippen molar-refractivity contribution in [3.8, 4) is 11.5 Å². The van der Waals surface area contributed by atoms with Gasteiger partial charge < -0.3 is 26.0 Å². The lowest BCUT2D eigenvalue weighted by Crippen LogP contribution is -2.55. The molecule has 2 amide bonds. The van der Waals surface area contributed by atoms with Crippen LogP contribution in [0.15, 0.2) is 18.2 Å². The summed E-state index contributed by atoms with van der Waals surface area (Å²) in [5.41, 5.74) is 10.3. The topological polar surface area (TPSA) is 128 Å². The first-order chi connectivity index (χ1) is 11.9. The summed E-state index contributed by atoms with van der Waals surface area (Å²) in [6.07, 6.45) is 0.101. The lowest BCUT2D eigenvalue weighted by molar-refractivity contribution is -0.145. The molecule has 0 saturated carbocycles. The van der Waals surface area contributed by atoms with E-state index in [0.29, 0.717) is 44.2 Å². The summed E-state index contributed by atoms with van der Waals surface area (Å²) in [7, 11) is 0. The molecule has 2 aliphatic rings. The minimum absolute atomic E-state index is 0.218. The zero-order valence-corrected chi connectivity index (χ0v) is 13.9. The Morgan fingerprint density at radius 2 is 1.72 bits per heavy atom. The second-order valence-electron chi connectivity index (χ2n) is 6.51. The predicted molar refractivity (Wildman–Crippen MR) is 88.8 cm³/mol. The fourth-order valence-corrected chi connectivity index (χ4v) is 3.37. The molecular formula is C17H23N3O5. The van der Waals surface area contributed by atoms with Crippen molar-refractivity contribution in [2.24, 2.45) is 16.9 Å². The van der Waals surface area contributed by atoms with Crippen molar-refractivity contribution in [2.75, 3.05) is 26.3 Å². The zero-order valence-electron chi connectivity index (χ0n) is 13.9. The van der Waals surface area contributed by atoms with Gasteiger partial charge in [-0.25, -0.2) is 0 Å². The van der Waals surface area contributed by atoms with Crippen molar-refractivity contribution in [3.63, 3.8) is 0 Å². The molecule has 0 bridgehead atoms. The number of nitrogens with two attached hydrogens (primary N) is 2. The number of piperidine rings is 1. The van der Waals surface area contributed by atoms with E-state index < -0.39 is 23.5 Å². The van der Waals surface area contributed by atoms with E-state index in [9.17, 15) is 14.7 Å². The van der Waals surface area contributed by atoms with E-state index in [-0.39, 0.29) is 12.8 Å². The Hall–Kier alpha value is -2.32. The Kier molecular flexibility index (Phi) is 4.82. The van der Waals surface area contributed by atoms with Crippen molar-refractivity contribution >= 4 is 11.8 Å². The molecule has 0 unspecified atom stereocenters. The molecule has 8 nitrogen and oxygen atoms in total. The number of primary amides is 2. The second kappa shape index (κ2) is 6.89. The van der Waals surface area contributed by atoms with Gasteiger partial charge in [0.2, 0.25) is 11.8 Å². The van der Waals surface area contributed by atoms with Gasteiger partial charge in [0.25, 0.3) is 0 Å². The number of ether oxygens (including phenoxy) is 2. The number of rotatable bonds is 5. The van der Waals surface area contributed by atoms with Gasteiger partial charge in [0.1, 0.15) is 24.9 Å². The van der Waals surface area contributed by atoms with E-state index in [0.717, 1.165) is 5.56 Å². The molecule has 136 valence electrons. The summed E-state index contributed by atoms with van der Waals surface area (Å²) in [5, 5.41) is 10.5. The van der Waals surface area contributed by atoms with Crippen LogP contribution in [-0.2, 0) is 16.0 Å². The molecule has 0 radical (unpaired) electrons. The number of benzene rings is 1. The van der Waals surface area contributed by atoms with Crippen molar-refractivity contribution in [3.05, 3.63) is 23.8 Å². The van der Waals surface area contributed by atoms with E-state index in [2.05, 4.69) is 0 Å². The fourth-order valence-electron chi connectivity index (χ4n) is 3.37. The van der Waals surface area contributed by atoms with Gasteiger partial charge >= 0.3 is 0 Å². The molecule has 1 atom stereocenters. The van der Waals surface area contributed by atoms with Crippen LogP contribution in [0.25, 0.3) is 0 Å². The third-order valence-corrected chi connectivity index (χ3v) is 5.04. The molecule has 3 rings (SSSR count). The Bertz CT molecular complexity index is 654. The minimum atomic E-state index is -1.31. The molecule has 2 heterocycles. The van der Waals surface area contributed by atoms with Crippen LogP contribution >= 0.6 is 0 Å². The molecule has 1 fully saturated rings. The smallest absolute Gasteiger partial charge is 0.233 e. The van der Waals surface area contributed by atoms with Crippen LogP contribution in [0.1, 0.15) is 18.4 Å². The number of aliphatic hydroxyl groups excluding tert-OH is 1. The SMILES string of the molecule is NC(=O)C1(C(N)=O)CCN([C@@H](O)Cc2ccc3c(c2)OCCO3)CC1. The molecule has 1 aromatic carbocycles.